The molecule has 0 spiro atoms. The second-order valence-corrected chi connectivity index (χ2v) is 21.8. The Morgan fingerprint density at radius 2 is 1.05 bits per heavy atom. The van der Waals surface area contributed by atoms with Gasteiger partial charge in [0, 0.05) is 102 Å². The molecule has 29 nitrogen and oxygen atoms in total. The number of ketones is 5. The van der Waals surface area contributed by atoms with Crippen LogP contribution in [0.15, 0.2) is 24.3 Å². The van der Waals surface area contributed by atoms with E-state index >= 15 is 0 Å². The van der Waals surface area contributed by atoms with Gasteiger partial charge in [0.05, 0.1) is 30.2 Å². The Balaban J connectivity index is 2.36. The van der Waals surface area contributed by atoms with Crippen LogP contribution in [-0.2, 0) is 83.1 Å². The highest BCUT2D eigenvalue weighted by Crippen LogP contribution is 2.22. The first-order valence-corrected chi connectivity index (χ1v) is 28.8. The van der Waals surface area contributed by atoms with Crippen LogP contribution in [0.1, 0.15) is 159 Å². The number of amides is 6. The zero-order valence-corrected chi connectivity index (χ0v) is 49.5. The molecule has 8 atom stereocenters. The van der Waals surface area contributed by atoms with E-state index in [-0.39, 0.29) is 75.1 Å². The molecule has 0 radical (unpaired) electrons. The predicted octanol–water partition coefficient (Wildman–Crippen LogP) is 0.671. The zero-order valence-electron chi connectivity index (χ0n) is 49.5. The molecule has 0 saturated carbocycles. The molecule has 2 rings (SSSR count). The minimum atomic E-state index is -1.77. The van der Waals surface area contributed by atoms with Crippen LogP contribution >= 0.6 is 0 Å². The molecule has 29 heteroatoms. The van der Waals surface area contributed by atoms with Crippen LogP contribution < -0.4 is 32.3 Å². The topological polar surface area (TPSA) is 473 Å². The molecule has 1 aromatic rings. The third kappa shape index (κ3) is 29.1. The van der Waals surface area contributed by atoms with Gasteiger partial charge < -0.3 is 67.5 Å². The van der Waals surface area contributed by atoms with Gasteiger partial charge in [-0.3, -0.25) is 76.7 Å². The maximum Gasteiger partial charge on any atom is 0.303 e. The summed E-state index contributed by atoms with van der Waals surface area (Å²) in [6, 6.07) is -1.99. The molecule has 1 aliphatic heterocycles. The quantitative estimate of drug-likeness (QED) is 0.0316. The second-order valence-electron chi connectivity index (χ2n) is 21.8. The smallest absolute Gasteiger partial charge is 0.303 e. The van der Waals surface area contributed by atoms with Crippen LogP contribution in [0.4, 0.5) is 0 Å². The van der Waals surface area contributed by atoms with E-state index in [1.54, 1.807) is 0 Å². The van der Waals surface area contributed by atoms with Crippen LogP contribution in [-0.4, -0.2) is 188 Å². The molecule has 87 heavy (non-hydrogen) atoms. The summed E-state index contributed by atoms with van der Waals surface area (Å²) in [4.78, 5) is 206. The van der Waals surface area contributed by atoms with E-state index in [0.29, 0.717) is 30.4 Å². The molecule has 0 aliphatic carbocycles. The van der Waals surface area contributed by atoms with E-state index in [1.165, 1.54) is 43.1 Å². The molecule has 1 aromatic carbocycles. The van der Waals surface area contributed by atoms with Crippen LogP contribution in [0.3, 0.4) is 0 Å². The van der Waals surface area contributed by atoms with Crippen molar-refractivity contribution in [2.45, 2.75) is 185 Å². The minimum absolute atomic E-state index is 0.00789. The van der Waals surface area contributed by atoms with E-state index < -0.39 is 202 Å². The summed E-state index contributed by atoms with van der Waals surface area (Å²) in [5, 5.41) is 59.5. The predicted molar refractivity (Wildman–Crippen MR) is 304 cm³/mol. The van der Waals surface area contributed by atoms with Gasteiger partial charge in [0.15, 0.2) is 28.9 Å². The van der Waals surface area contributed by atoms with E-state index in [9.17, 15) is 97.1 Å². The lowest BCUT2D eigenvalue weighted by atomic mass is 9.89. The molecule has 1 aliphatic rings. The largest absolute Gasteiger partial charge is 0.481 e. The lowest BCUT2D eigenvalue weighted by molar-refractivity contribution is -0.142. The number of likely N-dealkylation sites (tertiary alicyclic amines) is 1. The van der Waals surface area contributed by atoms with E-state index in [4.69, 9.17) is 15.6 Å². The molecule has 0 bridgehead atoms. The first-order valence-electron chi connectivity index (χ1n) is 28.8. The Morgan fingerprint density at radius 1 is 0.575 bits per heavy atom. The Hall–Kier alpha value is -8.34. The molecule has 0 unspecified atom stereocenters. The van der Waals surface area contributed by atoms with Crippen molar-refractivity contribution in [3.05, 3.63) is 35.4 Å². The Labute approximate surface area is 502 Å². The second kappa shape index (κ2) is 38.7. The van der Waals surface area contributed by atoms with Gasteiger partial charge in [0.25, 0.3) is 0 Å². The highest BCUT2D eigenvalue weighted by molar-refractivity contribution is 5.98. The fourth-order valence-electron chi connectivity index (χ4n) is 9.45. The van der Waals surface area contributed by atoms with Crippen LogP contribution in [0.25, 0.3) is 0 Å². The zero-order chi connectivity index (χ0) is 65.5. The number of carbonyl (C=O) groups excluding carboxylic acids is 11. The van der Waals surface area contributed by atoms with Crippen LogP contribution in [0.2, 0.25) is 0 Å². The number of aliphatic carboxylic acids is 5. The maximum atomic E-state index is 14.3. The van der Waals surface area contributed by atoms with Crippen molar-refractivity contribution in [3.8, 4) is 0 Å². The number of carboxylic acids is 5. The highest BCUT2D eigenvalue weighted by Gasteiger charge is 2.38. The van der Waals surface area contributed by atoms with Gasteiger partial charge >= 0.3 is 29.8 Å². The van der Waals surface area contributed by atoms with Gasteiger partial charge in [0.1, 0.15) is 12.6 Å². The molecule has 482 valence electrons. The molecule has 1 fully saturated rings. The summed E-state index contributed by atoms with van der Waals surface area (Å²) in [6.45, 7) is 4.65. The Morgan fingerprint density at radius 3 is 1.53 bits per heavy atom. The number of Topliss-reactive ketones (excluding diaryl/α,β-unsaturated/α-hetero) is 5. The molecule has 12 N–H and O–H groups in total. The summed E-state index contributed by atoms with van der Waals surface area (Å²) in [5.74, 6) is -18.0. The SMILES string of the molecule is CNC(=O)CCC(=O)[C@H](CC(C)C)NC(=O)[C@@H]1CCCN1C(=O)COCCCC(=O)[C@H](Cc1ccc(C(C)=O)cc1)NC(=O)[C@@H](CCC(=O)O)CC(=O)[C@@H](CCC(=O)O)NC(=O)[C@@H](CCC(=O)O)CC(=O)[C@@H](CCC(=O)O)NC(=O)[C@H](N)CCC(=O)O. The summed E-state index contributed by atoms with van der Waals surface area (Å²) in [5.41, 5.74) is 6.55. The number of ether oxygens (including phenoxy) is 1. The standard InChI is InChI=1S/C58H83N7O22/c1-32(2)27-41(45(68)18-19-48(71)60-4)64-58(86)43-7-5-25-65(43)49(72)31-87-26-6-8-44(67)42(28-34-9-11-35(12-10-34)33(3)66)63-56(84)37(14-21-51(75)76)30-46(69)39(16-23-53(79)80)61-55(83)36(13-20-50(73)74)29-47(70)40(17-24-54(81)82)62-57(85)38(59)15-22-52(77)78/h9-12,32,36-43H,5-8,13-31,59H2,1-4H3,(H,60,71)(H,61,83)(H,62,85)(H,63,84)(H,64,86)(H,73,74)(H,75,76)(H,77,78)(H,79,80)(H,81,82)/t36-,37-,38+,39+,40+,41-,42-,43-/m0/s1. The molecule has 1 heterocycles. The Kier molecular flexibility index (Phi) is 33.2. The van der Waals surface area contributed by atoms with E-state index in [2.05, 4.69) is 26.6 Å². The van der Waals surface area contributed by atoms with Crippen molar-refractivity contribution in [1.82, 2.24) is 31.5 Å². The maximum absolute atomic E-state index is 14.3. The number of carbonyl (C=O) groups is 16. The monoisotopic (exact) mass is 1230 g/mol. The van der Waals surface area contributed by atoms with Crippen molar-refractivity contribution in [1.29, 1.82) is 0 Å². The van der Waals surface area contributed by atoms with Crippen molar-refractivity contribution in [3.63, 3.8) is 0 Å². The van der Waals surface area contributed by atoms with Crippen LogP contribution in [0, 0.1) is 17.8 Å². The normalized spacial score (nSPS) is 15.2. The summed E-state index contributed by atoms with van der Waals surface area (Å²) in [7, 11) is 1.44. The summed E-state index contributed by atoms with van der Waals surface area (Å²) in [6.07, 6.45) is -7.39. The van der Waals surface area contributed by atoms with Gasteiger partial charge in [-0.05, 0) is 82.6 Å². The van der Waals surface area contributed by atoms with Crippen molar-refractivity contribution in [2.24, 2.45) is 23.5 Å². The van der Waals surface area contributed by atoms with Gasteiger partial charge in [-0.1, -0.05) is 38.1 Å². The van der Waals surface area contributed by atoms with E-state index in [1.807, 2.05) is 13.8 Å². The number of benzene rings is 1. The number of hydrogen-bond acceptors (Lipinski definition) is 18. The number of nitrogens with zero attached hydrogens (tertiary/aromatic N) is 1. The number of rotatable bonds is 45. The number of carboxylic acid groups (broad SMARTS) is 5. The number of nitrogens with two attached hydrogens (primary N) is 1. The number of hydrogen-bond donors (Lipinski definition) is 11. The fraction of sp³-hybridized carbons (Fsp3) is 0.621. The first kappa shape index (κ1) is 74.8. The van der Waals surface area contributed by atoms with E-state index in [0.717, 1.165) is 0 Å². The fourth-order valence-corrected chi connectivity index (χ4v) is 9.45. The van der Waals surface area contributed by atoms with Gasteiger partial charge in [0.2, 0.25) is 35.4 Å². The van der Waals surface area contributed by atoms with Gasteiger partial charge in [-0.25, -0.2) is 0 Å². The van der Waals surface area contributed by atoms with Crippen molar-refractivity contribution < 1.29 is 107 Å². The molecule has 1 saturated heterocycles. The highest BCUT2D eigenvalue weighted by atomic mass is 16.5. The molecular formula is C58H83N7O22. The molecule has 0 aromatic heterocycles. The molecular weight excluding hydrogens is 1150 g/mol. The van der Waals surface area contributed by atoms with Gasteiger partial charge in [-0.2, -0.15) is 0 Å². The lowest BCUT2D eigenvalue weighted by Gasteiger charge is -2.27. The lowest BCUT2D eigenvalue weighted by Crippen LogP contribution is -2.51. The third-order valence-corrected chi connectivity index (χ3v) is 14.4. The minimum Gasteiger partial charge on any atom is -0.481 e. The summed E-state index contributed by atoms with van der Waals surface area (Å²) < 4.78 is 5.64. The van der Waals surface area contributed by atoms with Crippen molar-refractivity contribution >= 4 is 94.2 Å². The third-order valence-electron chi connectivity index (χ3n) is 14.4. The average molecular weight is 1230 g/mol. The van der Waals surface area contributed by atoms with Crippen molar-refractivity contribution in [2.75, 3.05) is 26.8 Å². The summed E-state index contributed by atoms with van der Waals surface area (Å²) >= 11 is 0. The average Bonchev–Trinajstić information content (AvgIpc) is 2.71. The molecule has 6 amide bonds. The van der Waals surface area contributed by atoms with Gasteiger partial charge in [-0.15, -0.1) is 0 Å². The first-order chi connectivity index (χ1) is 40.9. The Bertz CT molecular complexity index is 2640. The van der Waals surface area contributed by atoms with Crippen LogP contribution in [0.5, 0.6) is 0 Å². The number of nitrogens with one attached hydrogen (secondary N) is 5.